The van der Waals surface area contributed by atoms with Crippen LogP contribution in [-0.2, 0) is 0 Å². The lowest BCUT2D eigenvalue weighted by Crippen LogP contribution is -2.49. The highest BCUT2D eigenvalue weighted by Gasteiger charge is 2.24. The minimum absolute atomic E-state index is 0.113. The van der Waals surface area contributed by atoms with Gasteiger partial charge in [0.25, 0.3) is 5.91 Å². The number of ether oxygens (including phenoxy) is 1. The molecule has 0 bridgehead atoms. The Morgan fingerprint density at radius 2 is 1.75 bits per heavy atom. The first-order valence-electron chi connectivity index (χ1n) is 7.72. The zero-order valence-electron chi connectivity index (χ0n) is 13.3. The number of methoxy groups -OCH3 is 1. The van der Waals surface area contributed by atoms with Crippen molar-refractivity contribution in [3.63, 3.8) is 0 Å². The maximum Gasteiger partial charge on any atom is 0.256 e. The monoisotopic (exact) mass is 392 g/mol. The van der Waals surface area contributed by atoms with Crippen molar-refractivity contribution in [2.24, 2.45) is 0 Å². The molecule has 0 radical (unpaired) electrons. The van der Waals surface area contributed by atoms with Crippen molar-refractivity contribution in [3.05, 3.63) is 58.3 Å². The van der Waals surface area contributed by atoms with Crippen molar-refractivity contribution in [2.75, 3.05) is 38.2 Å². The molecule has 0 unspecified atom stereocenters. The van der Waals surface area contributed by atoms with Gasteiger partial charge >= 0.3 is 0 Å². The fraction of sp³-hybridized carbons (Fsp3) is 0.278. The van der Waals surface area contributed by atoms with Gasteiger partial charge in [0, 0.05) is 36.3 Å². The predicted molar refractivity (Wildman–Crippen MR) is 95.2 cm³/mol. The number of carbonyl (C=O) groups is 1. The molecular weight excluding hydrogens is 375 g/mol. The van der Waals surface area contributed by atoms with Crippen LogP contribution in [0.3, 0.4) is 0 Å². The molecule has 0 spiro atoms. The highest BCUT2D eigenvalue weighted by Crippen LogP contribution is 2.22. The van der Waals surface area contributed by atoms with E-state index in [4.69, 9.17) is 4.74 Å². The molecule has 1 fully saturated rings. The lowest BCUT2D eigenvalue weighted by Gasteiger charge is -2.36. The molecule has 1 saturated heterocycles. The van der Waals surface area contributed by atoms with Gasteiger partial charge < -0.3 is 14.5 Å². The summed E-state index contributed by atoms with van der Waals surface area (Å²) in [6, 6.07) is 12.3. The van der Waals surface area contributed by atoms with Gasteiger partial charge in [0.1, 0.15) is 11.6 Å². The summed E-state index contributed by atoms with van der Waals surface area (Å²) >= 11 is 3.28. The second-order valence-electron chi connectivity index (χ2n) is 5.60. The van der Waals surface area contributed by atoms with Gasteiger partial charge in [-0.25, -0.2) is 4.39 Å². The summed E-state index contributed by atoms with van der Waals surface area (Å²) in [7, 11) is 1.64. The van der Waals surface area contributed by atoms with Gasteiger partial charge in [0.05, 0.1) is 12.7 Å². The molecular formula is C18H18BrFN2O2. The summed E-state index contributed by atoms with van der Waals surface area (Å²) in [5.41, 5.74) is 1.21. The molecule has 0 aliphatic carbocycles. The standard InChI is InChI=1S/C18H18BrFN2O2/c1-24-15-5-3-14(4-6-15)21-8-10-22(11-9-21)18(23)16-12-13(19)2-7-17(16)20/h2-7,12H,8-11H2,1H3. The molecule has 6 heteroatoms. The van der Waals surface area contributed by atoms with Gasteiger partial charge in [-0.2, -0.15) is 0 Å². The Labute approximate surface area is 149 Å². The molecule has 0 aromatic heterocycles. The average Bonchev–Trinajstić information content (AvgIpc) is 2.63. The van der Waals surface area contributed by atoms with Crippen molar-refractivity contribution >= 4 is 27.5 Å². The number of rotatable bonds is 3. The van der Waals surface area contributed by atoms with E-state index < -0.39 is 5.82 Å². The minimum atomic E-state index is -0.485. The number of anilines is 1. The van der Waals surface area contributed by atoms with E-state index in [-0.39, 0.29) is 11.5 Å². The Balaban J connectivity index is 1.65. The topological polar surface area (TPSA) is 32.8 Å². The second kappa shape index (κ2) is 7.21. The molecule has 1 aliphatic heterocycles. The van der Waals surface area contributed by atoms with Crippen molar-refractivity contribution in [1.82, 2.24) is 4.90 Å². The van der Waals surface area contributed by atoms with Crippen LogP contribution in [0.5, 0.6) is 5.75 Å². The van der Waals surface area contributed by atoms with Crippen LogP contribution in [0.2, 0.25) is 0 Å². The fourth-order valence-corrected chi connectivity index (χ4v) is 3.15. The second-order valence-corrected chi connectivity index (χ2v) is 6.52. The van der Waals surface area contributed by atoms with Crippen molar-refractivity contribution in [1.29, 1.82) is 0 Å². The first-order chi connectivity index (χ1) is 11.6. The zero-order chi connectivity index (χ0) is 17.1. The highest BCUT2D eigenvalue weighted by atomic mass is 79.9. The van der Waals surface area contributed by atoms with Crippen molar-refractivity contribution in [3.8, 4) is 5.75 Å². The molecule has 0 atom stereocenters. The van der Waals surface area contributed by atoms with Gasteiger partial charge in [0.2, 0.25) is 0 Å². The number of nitrogens with zero attached hydrogens (tertiary/aromatic N) is 2. The molecule has 2 aromatic carbocycles. The summed E-state index contributed by atoms with van der Waals surface area (Å²) in [4.78, 5) is 16.4. The van der Waals surface area contributed by atoms with E-state index in [2.05, 4.69) is 20.8 Å². The van der Waals surface area contributed by atoms with Crippen LogP contribution in [0.1, 0.15) is 10.4 Å². The SMILES string of the molecule is COc1ccc(N2CCN(C(=O)c3cc(Br)ccc3F)CC2)cc1. The Kier molecular flexibility index (Phi) is 5.04. The molecule has 2 aromatic rings. The molecule has 1 heterocycles. The Morgan fingerprint density at radius 1 is 1.08 bits per heavy atom. The van der Waals surface area contributed by atoms with Gasteiger partial charge in [0.15, 0.2) is 0 Å². The number of carbonyl (C=O) groups excluding carboxylic acids is 1. The Hall–Kier alpha value is -2.08. The van der Waals surface area contributed by atoms with E-state index in [9.17, 15) is 9.18 Å². The van der Waals surface area contributed by atoms with Crippen LogP contribution < -0.4 is 9.64 Å². The number of hydrogen-bond donors (Lipinski definition) is 0. The zero-order valence-corrected chi connectivity index (χ0v) is 14.9. The van der Waals surface area contributed by atoms with E-state index in [0.717, 1.165) is 11.4 Å². The van der Waals surface area contributed by atoms with E-state index in [1.165, 1.54) is 12.1 Å². The summed E-state index contributed by atoms with van der Waals surface area (Å²) < 4.78 is 19.8. The third-order valence-electron chi connectivity index (χ3n) is 4.16. The predicted octanol–water partition coefficient (Wildman–Crippen LogP) is 3.56. The lowest BCUT2D eigenvalue weighted by atomic mass is 10.1. The maximum atomic E-state index is 13.9. The van der Waals surface area contributed by atoms with Crippen LogP contribution in [0.4, 0.5) is 10.1 Å². The number of halogens is 2. The number of benzene rings is 2. The van der Waals surface area contributed by atoms with Crippen LogP contribution in [0.15, 0.2) is 46.9 Å². The summed E-state index contributed by atoms with van der Waals surface area (Å²) in [6.07, 6.45) is 0. The summed E-state index contributed by atoms with van der Waals surface area (Å²) in [5, 5.41) is 0. The van der Waals surface area contributed by atoms with Gasteiger partial charge in [-0.1, -0.05) is 15.9 Å². The van der Waals surface area contributed by atoms with Crippen LogP contribution in [0.25, 0.3) is 0 Å². The average molecular weight is 393 g/mol. The largest absolute Gasteiger partial charge is 0.497 e. The van der Waals surface area contributed by atoms with E-state index >= 15 is 0 Å². The maximum absolute atomic E-state index is 13.9. The lowest BCUT2D eigenvalue weighted by molar-refractivity contribution is 0.0742. The van der Waals surface area contributed by atoms with Gasteiger partial charge in [-0.15, -0.1) is 0 Å². The van der Waals surface area contributed by atoms with Crippen LogP contribution in [-0.4, -0.2) is 44.1 Å². The minimum Gasteiger partial charge on any atom is -0.497 e. The van der Waals surface area contributed by atoms with Gasteiger partial charge in [-0.05, 0) is 42.5 Å². The molecule has 4 nitrogen and oxygen atoms in total. The first kappa shape index (κ1) is 16.8. The van der Waals surface area contributed by atoms with Gasteiger partial charge in [-0.3, -0.25) is 4.79 Å². The number of piperazine rings is 1. The smallest absolute Gasteiger partial charge is 0.256 e. The first-order valence-corrected chi connectivity index (χ1v) is 8.51. The highest BCUT2D eigenvalue weighted by molar-refractivity contribution is 9.10. The summed E-state index contributed by atoms with van der Waals surface area (Å²) in [5.74, 6) is 0.0710. The van der Waals surface area contributed by atoms with Crippen molar-refractivity contribution < 1.29 is 13.9 Å². The third kappa shape index (κ3) is 3.53. The molecule has 3 rings (SSSR count). The summed E-state index contributed by atoms with van der Waals surface area (Å²) in [6.45, 7) is 2.56. The quantitative estimate of drug-likeness (QED) is 0.800. The Bertz CT molecular complexity index is 728. The normalized spacial score (nSPS) is 14.6. The molecule has 0 saturated carbocycles. The van der Waals surface area contributed by atoms with E-state index in [1.807, 2.05) is 24.3 Å². The van der Waals surface area contributed by atoms with Crippen molar-refractivity contribution in [2.45, 2.75) is 0 Å². The molecule has 0 N–H and O–H groups in total. The molecule has 1 amide bonds. The number of hydrogen-bond acceptors (Lipinski definition) is 3. The fourth-order valence-electron chi connectivity index (χ4n) is 2.79. The Morgan fingerprint density at radius 3 is 2.38 bits per heavy atom. The molecule has 1 aliphatic rings. The van der Waals surface area contributed by atoms with E-state index in [0.29, 0.717) is 30.7 Å². The van der Waals surface area contributed by atoms with E-state index in [1.54, 1.807) is 18.1 Å². The molecule has 24 heavy (non-hydrogen) atoms. The molecule has 126 valence electrons. The third-order valence-corrected chi connectivity index (χ3v) is 4.66. The van der Waals surface area contributed by atoms with Crippen LogP contribution >= 0.6 is 15.9 Å². The van der Waals surface area contributed by atoms with Crippen LogP contribution in [0, 0.1) is 5.82 Å². The number of amides is 1.